The molecule has 0 bridgehead atoms. The largest absolute Gasteiger partial charge is 0.481 e. The summed E-state index contributed by atoms with van der Waals surface area (Å²) in [7, 11) is 5.85. The second-order valence-corrected chi connectivity index (χ2v) is 8.02. The maximum Gasteiger partial charge on any atom is 0.306 e. The van der Waals surface area contributed by atoms with Crippen LogP contribution < -0.4 is 5.32 Å². The quantitative estimate of drug-likeness (QED) is 0.486. The Kier molecular flexibility index (Phi) is 8.23. The van der Waals surface area contributed by atoms with Crippen LogP contribution in [-0.2, 0) is 19.1 Å². The van der Waals surface area contributed by atoms with E-state index >= 15 is 0 Å². The van der Waals surface area contributed by atoms with Crippen molar-refractivity contribution >= 4 is 17.8 Å². The van der Waals surface area contributed by atoms with Crippen LogP contribution in [-0.4, -0.2) is 67.8 Å². The van der Waals surface area contributed by atoms with Crippen molar-refractivity contribution < 1.29 is 28.7 Å². The number of nitrogens with one attached hydrogen (secondary N) is 1. The number of nitrogens with zero attached hydrogens (tertiary/aromatic N) is 1. The van der Waals surface area contributed by atoms with Gasteiger partial charge in [0.15, 0.2) is 6.10 Å². The monoisotopic (exact) mass is 331 g/mol. The predicted molar refractivity (Wildman–Crippen MR) is 86.7 cm³/mol. The van der Waals surface area contributed by atoms with Gasteiger partial charge in [0.1, 0.15) is 6.54 Å². The highest BCUT2D eigenvalue weighted by Gasteiger charge is 2.26. The molecule has 7 heteroatoms. The Morgan fingerprint density at radius 3 is 2.17 bits per heavy atom. The lowest BCUT2D eigenvalue weighted by molar-refractivity contribution is -0.873. The predicted octanol–water partition coefficient (Wildman–Crippen LogP) is 1.02. The molecule has 0 aromatic heterocycles. The third-order valence-corrected chi connectivity index (χ3v) is 2.80. The third kappa shape index (κ3) is 13.7. The number of quaternary nitrogens is 1. The molecule has 23 heavy (non-hydrogen) atoms. The highest BCUT2D eigenvalue weighted by atomic mass is 16.5. The van der Waals surface area contributed by atoms with Crippen LogP contribution >= 0.6 is 0 Å². The normalized spacial score (nSPS) is 13.3. The molecule has 1 amide bonds. The first-order valence-electron chi connectivity index (χ1n) is 7.77. The second kappa shape index (κ2) is 8.86. The molecule has 0 aliphatic rings. The number of likely N-dealkylation sites (N-methyl/N-ethyl adjacent to an activating group) is 1. The molecule has 1 unspecified atom stereocenters. The molecule has 0 spiro atoms. The maximum absolute atomic E-state index is 12.0. The molecule has 2 N–H and O–H groups in total. The molecule has 0 heterocycles. The van der Waals surface area contributed by atoms with Gasteiger partial charge in [-0.15, -0.1) is 0 Å². The molecule has 0 saturated carbocycles. The Morgan fingerprint density at radius 2 is 1.74 bits per heavy atom. The third-order valence-electron chi connectivity index (χ3n) is 2.80. The van der Waals surface area contributed by atoms with Crippen molar-refractivity contribution in [3.63, 3.8) is 0 Å². The van der Waals surface area contributed by atoms with Gasteiger partial charge in [-0.3, -0.25) is 14.4 Å². The minimum atomic E-state index is -0.968. The Balaban J connectivity index is 4.59. The number of hydrogen-bond acceptors (Lipinski definition) is 4. The SMILES string of the molecule is CC(C)(C)CC(=O)OC(CC(=O)NCCC(=O)O)C[N+](C)(C)C. The van der Waals surface area contributed by atoms with Gasteiger partial charge >= 0.3 is 11.9 Å². The molecule has 0 radical (unpaired) electrons. The van der Waals surface area contributed by atoms with E-state index in [1.807, 2.05) is 41.9 Å². The number of ether oxygens (including phenoxy) is 1. The average molecular weight is 331 g/mol. The van der Waals surface area contributed by atoms with E-state index in [4.69, 9.17) is 9.84 Å². The lowest BCUT2D eigenvalue weighted by atomic mass is 9.92. The van der Waals surface area contributed by atoms with Crippen LogP contribution in [0.1, 0.15) is 40.0 Å². The minimum Gasteiger partial charge on any atom is -0.481 e. The van der Waals surface area contributed by atoms with Crippen LogP contribution in [0.2, 0.25) is 0 Å². The first-order valence-corrected chi connectivity index (χ1v) is 7.77. The summed E-state index contributed by atoms with van der Waals surface area (Å²) in [5, 5.41) is 11.1. The number of hydrogen-bond donors (Lipinski definition) is 2. The van der Waals surface area contributed by atoms with Crippen LogP contribution in [0.3, 0.4) is 0 Å². The summed E-state index contributed by atoms with van der Waals surface area (Å²) in [5.74, 6) is -1.60. The molecule has 0 aromatic carbocycles. The molecule has 0 aliphatic heterocycles. The highest BCUT2D eigenvalue weighted by Crippen LogP contribution is 2.20. The molecule has 0 aliphatic carbocycles. The van der Waals surface area contributed by atoms with Crippen molar-refractivity contribution in [1.29, 1.82) is 0 Å². The van der Waals surface area contributed by atoms with Gasteiger partial charge in [-0.05, 0) is 5.41 Å². The van der Waals surface area contributed by atoms with Crippen LogP contribution in [0.5, 0.6) is 0 Å². The summed E-state index contributed by atoms with van der Waals surface area (Å²) >= 11 is 0. The number of esters is 1. The van der Waals surface area contributed by atoms with E-state index in [0.717, 1.165) is 0 Å². The fourth-order valence-corrected chi connectivity index (χ4v) is 2.00. The Bertz CT molecular complexity index is 421. The van der Waals surface area contributed by atoms with Gasteiger partial charge in [0, 0.05) is 6.54 Å². The molecular formula is C16H31N2O5+. The number of aliphatic carboxylic acids is 1. The first-order chi connectivity index (χ1) is 10.3. The molecule has 0 saturated heterocycles. The number of carbonyl (C=O) groups is 3. The number of carboxylic acid groups (broad SMARTS) is 1. The molecule has 1 atom stereocenters. The van der Waals surface area contributed by atoms with Crippen LogP contribution in [0.15, 0.2) is 0 Å². The van der Waals surface area contributed by atoms with E-state index in [1.165, 1.54) is 0 Å². The summed E-state index contributed by atoms with van der Waals surface area (Å²) < 4.78 is 6.02. The van der Waals surface area contributed by atoms with Crippen molar-refractivity contribution in [1.82, 2.24) is 5.32 Å². The van der Waals surface area contributed by atoms with Gasteiger partial charge in [0.25, 0.3) is 0 Å². The number of rotatable bonds is 9. The number of carbonyl (C=O) groups excluding carboxylic acids is 2. The zero-order valence-corrected chi connectivity index (χ0v) is 15.1. The fraction of sp³-hybridized carbons (Fsp3) is 0.812. The van der Waals surface area contributed by atoms with E-state index in [-0.39, 0.29) is 43.1 Å². The Labute approximate surface area is 138 Å². The van der Waals surface area contributed by atoms with Gasteiger partial charge in [-0.2, -0.15) is 0 Å². The number of amides is 1. The van der Waals surface area contributed by atoms with Crippen molar-refractivity contribution in [3.8, 4) is 0 Å². The van der Waals surface area contributed by atoms with Gasteiger partial charge < -0.3 is 19.6 Å². The van der Waals surface area contributed by atoms with Crippen LogP contribution in [0.25, 0.3) is 0 Å². The van der Waals surface area contributed by atoms with Gasteiger partial charge in [0.05, 0.1) is 40.4 Å². The van der Waals surface area contributed by atoms with Crippen LogP contribution in [0, 0.1) is 5.41 Å². The van der Waals surface area contributed by atoms with E-state index < -0.39 is 12.1 Å². The number of carboxylic acids is 1. The van der Waals surface area contributed by atoms with Crippen LogP contribution in [0.4, 0.5) is 0 Å². The summed E-state index contributed by atoms with van der Waals surface area (Å²) in [4.78, 5) is 34.3. The fourth-order valence-electron chi connectivity index (χ4n) is 2.00. The molecular weight excluding hydrogens is 300 g/mol. The van der Waals surface area contributed by atoms with Crippen molar-refractivity contribution in [2.45, 2.75) is 46.1 Å². The summed E-state index contributed by atoms with van der Waals surface area (Å²) in [6, 6.07) is 0. The average Bonchev–Trinajstić information content (AvgIpc) is 2.22. The Morgan fingerprint density at radius 1 is 1.17 bits per heavy atom. The van der Waals surface area contributed by atoms with Crippen molar-refractivity contribution in [3.05, 3.63) is 0 Å². The Hall–Kier alpha value is -1.63. The lowest BCUT2D eigenvalue weighted by Crippen LogP contribution is -2.45. The van der Waals surface area contributed by atoms with E-state index in [2.05, 4.69) is 5.32 Å². The molecule has 0 aromatic rings. The van der Waals surface area contributed by atoms with Gasteiger partial charge in [-0.1, -0.05) is 20.8 Å². The van der Waals surface area contributed by atoms with Crippen molar-refractivity contribution in [2.24, 2.45) is 5.41 Å². The maximum atomic E-state index is 12.0. The zero-order chi connectivity index (χ0) is 18.3. The van der Waals surface area contributed by atoms with Gasteiger partial charge in [-0.25, -0.2) is 0 Å². The van der Waals surface area contributed by atoms with E-state index in [9.17, 15) is 14.4 Å². The second-order valence-electron chi connectivity index (χ2n) is 8.02. The zero-order valence-electron chi connectivity index (χ0n) is 15.1. The van der Waals surface area contributed by atoms with Crippen molar-refractivity contribution in [2.75, 3.05) is 34.2 Å². The summed E-state index contributed by atoms with van der Waals surface area (Å²) in [6.45, 7) is 6.41. The minimum absolute atomic E-state index is 0.0328. The summed E-state index contributed by atoms with van der Waals surface area (Å²) in [5.41, 5.74) is -0.179. The molecule has 7 nitrogen and oxygen atoms in total. The lowest BCUT2D eigenvalue weighted by Gasteiger charge is -2.29. The standard InChI is InChI=1S/C16H30N2O5/c1-16(2,3)10-15(22)23-12(11-18(4,5)6)9-13(19)17-8-7-14(20)21/h12H,7-11H2,1-6H3,(H-,17,19,20,21)/p+1. The van der Waals surface area contributed by atoms with E-state index in [0.29, 0.717) is 11.0 Å². The summed E-state index contributed by atoms with van der Waals surface area (Å²) in [6.07, 6.45) is -0.350. The topological polar surface area (TPSA) is 92.7 Å². The smallest absolute Gasteiger partial charge is 0.306 e. The highest BCUT2D eigenvalue weighted by molar-refractivity contribution is 5.78. The van der Waals surface area contributed by atoms with Gasteiger partial charge in [0.2, 0.25) is 5.91 Å². The first kappa shape index (κ1) is 21.4. The molecule has 0 fully saturated rings. The van der Waals surface area contributed by atoms with E-state index in [1.54, 1.807) is 0 Å². The molecule has 0 rings (SSSR count). The molecule has 134 valence electrons.